The largest absolute Gasteiger partial charge is 0.493 e. The summed E-state index contributed by atoms with van der Waals surface area (Å²) in [5.74, 6) is 0.619. The van der Waals surface area contributed by atoms with Crippen molar-refractivity contribution in [1.82, 2.24) is 14.8 Å². The Morgan fingerprint density at radius 1 is 0.974 bits per heavy atom. The standard InChI is InChI=1S/C29H28BrN3O5/c1-37-25-11-10-18(14-26(25)38-2)13-23(31-28(35)21-6-3-4-7-22(21)30)29(36)32-15-19-12-20(17-32)24-8-5-9-27(34)33(24)16-19/h3-11,13-14,19-20H,12,15-17H2,1-2H3,(H,31,35)/b23-13-/t19-,20+/m1/s1. The maximum atomic E-state index is 13.9. The van der Waals surface area contributed by atoms with E-state index in [9.17, 15) is 14.4 Å². The van der Waals surface area contributed by atoms with Gasteiger partial charge in [-0.1, -0.05) is 24.3 Å². The molecule has 1 N–H and O–H groups in total. The molecule has 3 heterocycles. The van der Waals surface area contributed by atoms with Gasteiger partial charge in [-0.2, -0.15) is 0 Å². The minimum atomic E-state index is -0.397. The fraction of sp³-hybridized carbons (Fsp3) is 0.276. The van der Waals surface area contributed by atoms with Crippen molar-refractivity contribution in [2.24, 2.45) is 5.92 Å². The quantitative estimate of drug-likeness (QED) is 0.446. The number of fused-ring (bicyclic) bond motifs is 4. The van der Waals surface area contributed by atoms with E-state index >= 15 is 0 Å². The van der Waals surface area contributed by atoms with E-state index in [0.717, 1.165) is 12.1 Å². The number of benzene rings is 2. The minimum absolute atomic E-state index is 0.00767. The molecule has 2 atom stereocenters. The number of nitrogens with zero attached hydrogens (tertiary/aromatic N) is 2. The molecule has 0 aliphatic carbocycles. The van der Waals surface area contributed by atoms with E-state index < -0.39 is 5.91 Å². The Balaban J connectivity index is 1.48. The number of rotatable bonds is 6. The molecule has 2 aromatic carbocycles. The zero-order valence-corrected chi connectivity index (χ0v) is 22.7. The van der Waals surface area contributed by atoms with Gasteiger partial charge in [0.25, 0.3) is 17.4 Å². The molecule has 0 spiro atoms. The number of ether oxygens (including phenoxy) is 2. The van der Waals surface area contributed by atoms with E-state index in [1.54, 1.807) is 73.7 Å². The molecule has 0 radical (unpaired) electrons. The van der Waals surface area contributed by atoms with Crippen molar-refractivity contribution in [2.45, 2.75) is 18.9 Å². The van der Waals surface area contributed by atoms with Crippen molar-refractivity contribution < 1.29 is 19.1 Å². The number of carbonyl (C=O) groups excluding carboxylic acids is 2. The van der Waals surface area contributed by atoms with Crippen LogP contribution in [0.3, 0.4) is 0 Å². The van der Waals surface area contributed by atoms with Crippen LogP contribution in [-0.4, -0.2) is 48.6 Å². The third kappa shape index (κ3) is 5.11. The Morgan fingerprint density at radius 2 is 1.76 bits per heavy atom. The first-order chi connectivity index (χ1) is 18.4. The lowest BCUT2D eigenvalue weighted by molar-refractivity contribution is -0.130. The van der Waals surface area contributed by atoms with Gasteiger partial charge in [-0.05, 0) is 70.2 Å². The van der Waals surface area contributed by atoms with Gasteiger partial charge in [0.2, 0.25) is 0 Å². The highest BCUT2D eigenvalue weighted by Gasteiger charge is 2.37. The third-order valence-corrected chi connectivity index (χ3v) is 7.77. The number of aromatic nitrogens is 1. The molecule has 2 aliphatic rings. The van der Waals surface area contributed by atoms with Crippen molar-refractivity contribution >= 4 is 33.8 Å². The molecule has 0 unspecified atom stereocenters. The molecular weight excluding hydrogens is 550 g/mol. The molecule has 1 saturated heterocycles. The molecule has 196 valence electrons. The van der Waals surface area contributed by atoms with Crippen molar-refractivity contribution in [3.63, 3.8) is 0 Å². The first-order valence-corrected chi connectivity index (χ1v) is 13.2. The van der Waals surface area contributed by atoms with Crippen LogP contribution in [0.1, 0.15) is 34.0 Å². The molecule has 8 nitrogen and oxygen atoms in total. The summed E-state index contributed by atoms with van der Waals surface area (Å²) in [5, 5.41) is 2.85. The smallest absolute Gasteiger partial charge is 0.270 e. The van der Waals surface area contributed by atoms with Crippen LogP contribution in [0.25, 0.3) is 6.08 Å². The van der Waals surface area contributed by atoms with Gasteiger partial charge in [-0.25, -0.2) is 0 Å². The number of carbonyl (C=O) groups is 2. The SMILES string of the molecule is COc1ccc(/C=C(\NC(=O)c2ccccc2Br)C(=O)N2C[C@H]3C[C@@H](C2)c2cccc(=O)n2C3)cc1OC. The normalized spacial score (nSPS) is 18.4. The summed E-state index contributed by atoms with van der Waals surface area (Å²) in [4.78, 5) is 41.4. The van der Waals surface area contributed by atoms with Crippen LogP contribution in [0.4, 0.5) is 0 Å². The van der Waals surface area contributed by atoms with Gasteiger partial charge >= 0.3 is 0 Å². The van der Waals surface area contributed by atoms with Crippen molar-refractivity contribution in [2.75, 3.05) is 27.3 Å². The number of methoxy groups -OCH3 is 2. The monoisotopic (exact) mass is 577 g/mol. The number of piperidine rings is 1. The second kappa shape index (κ2) is 10.9. The molecule has 3 aromatic rings. The average Bonchev–Trinajstić information content (AvgIpc) is 2.93. The Hall–Kier alpha value is -3.85. The number of likely N-dealkylation sites (tertiary alicyclic amines) is 1. The van der Waals surface area contributed by atoms with Crippen LogP contribution in [-0.2, 0) is 11.3 Å². The summed E-state index contributed by atoms with van der Waals surface area (Å²) in [7, 11) is 3.10. The topological polar surface area (TPSA) is 89.9 Å². The molecular formula is C29H28BrN3O5. The Morgan fingerprint density at radius 3 is 2.53 bits per heavy atom. The van der Waals surface area contributed by atoms with Gasteiger partial charge < -0.3 is 24.3 Å². The first-order valence-electron chi connectivity index (χ1n) is 12.4. The molecule has 2 bridgehead atoms. The van der Waals surface area contributed by atoms with Crippen molar-refractivity contribution in [1.29, 1.82) is 0 Å². The van der Waals surface area contributed by atoms with Crippen molar-refractivity contribution in [3.05, 3.63) is 98.0 Å². The van der Waals surface area contributed by atoms with E-state index in [1.807, 2.05) is 16.7 Å². The first kappa shape index (κ1) is 25.8. The van der Waals surface area contributed by atoms with Crippen LogP contribution < -0.4 is 20.3 Å². The number of nitrogens with one attached hydrogen (secondary N) is 1. The van der Waals surface area contributed by atoms with Gasteiger partial charge in [0.15, 0.2) is 11.5 Å². The summed E-state index contributed by atoms with van der Waals surface area (Å²) in [5.41, 5.74) is 2.19. The van der Waals surface area contributed by atoms with Crippen LogP contribution >= 0.6 is 15.9 Å². The number of pyridine rings is 1. The lowest BCUT2D eigenvalue weighted by Crippen LogP contribution is -2.50. The van der Waals surface area contributed by atoms with E-state index in [0.29, 0.717) is 46.7 Å². The van der Waals surface area contributed by atoms with Gasteiger partial charge in [0.1, 0.15) is 5.70 Å². The summed E-state index contributed by atoms with van der Waals surface area (Å²) in [6.45, 7) is 1.55. The molecule has 2 aliphatic heterocycles. The molecule has 5 rings (SSSR count). The highest BCUT2D eigenvalue weighted by atomic mass is 79.9. The lowest BCUT2D eigenvalue weighted by atomic mass is 9.83. The van der Waals surface area contributed by atoms with Crippen LogP contribution in [0.2, 0.25) is 0 Å². The van der Waals surface area contributed by atoms with E-state index in [-0.39, 0.29) is 29.0 Å². The maximum absolute atomic E-state index is 13.9. The fourth-order valence-electron chi connectivity index (χ4n) is 5.33. The summed E-state index contributed by atoms with van der Waals surface area (Å²) >= 11 is 3.42. The third-order valence-electron chi connectivity index (χ3n) is 7.08. The van der Waals surface area contributed by atoms with Crippen LogP contribution in [0.15, 0.2) is 75.6 Å². The van der Waals surface area contributed by atoms with Gasteiger partial charge in [0.05, 0.1) is 19.8 Å². The second-order valence-corrected chi connectivity index (χ2v) is 10.4. The maximum Gasteiger partial charge on any atom is 0.270 e. The Labute approximate surface area is 229 Å². The zero-order chi connectivity index (χ0) is 26.8. The molecule has 2 amide bonds. The number of amides is 2. The molecule has 1 aromatic heterocycles. The van der Waals surface area contributed by atoms with E-state index in [4.69, 9.17) is 9.47 Å². The lowest BCUT2D eigenvalue weighted by Gasteiger charge is -2.43. The van der Waals surface area contributed by atoms with Crippen LogP contribution in [0.5, 0.6) is 11.5 Å². The highest BCUT2D eigenvalue weighted by Crippen LogP contribution is 2.35. The van der Waals surface area contributed by atoms with Gasteiger partial charge in [-0.3, -0.25) is 14.4 Å². The molecule has 9 heteroatoms. The highest BCUT2D eigenvalue weighted by molar-refractivity contribution is 9.10. The minimum Gasteiger partial charge on any atom is -0.493 e. The number of hydrogen-bond donors (Lipinski definition) is 1. The van der Waals surface area contributed by atoms with Gasteiger partial charge in [0, 0.05) is 41.8 Å². The van der Waals surface area contributed by atoms with Gasteiger partial charge in [-0.15, -0.1) is 0 Å². The fourth-order valence-corrected chi connectivity index (χ4v) is 5.79. The molecule has 38 heavy (non-hydrogen) atoms. The average molecular weight is 578 g/mol. The summed E-state index contributed by atoms with van der Waals surface area (Å²) < 4.78 is 13.2. The Kier molecular flexibility index (Phi) is 7.37. The predicted octanol–water partition coefficient (Wildman–Crippen LogP) is 4.04. The van der Waals surface area contributed by atoms with E-state index in [2.05, 4.69) is 21.2 Å². The predicted molar refractivity (Wildman–Crippen MR) is 147 cm³/mol. The zero-order valence-electron chi connectivity index (χ0n) is 21.1. The molecule has 1 fully saturated rings. The second-order valence-electron chi connectivity index (χ2n) is 9.51. The Bertz CT molecular complexity index is 1480. The van der Waals surface area contributed by atoms with Crippen LogP contribution in [0, 0.1) is 5.92 Å². The molecule has 0 saturated carbocycles. The summed E-state index contributed by atoms with van der Waals surface area (Å²) in [6.07, 6.45) is 2.58. The van der Waals surface area contributed by atoms with Crippen molar-refractivity contribution in [3.8, 4) is 11.5 Å². The summed E-state index contributed by atoms with van der Waals surface area (Å²) in [6, 6.07) is 17.7. The number of halogens is 1. The van der Waals surface area contributed by atoms with E-state index in [1.165, 1.54) is 0 Å². The number of hydrogen-bond acceptors (Lipinski definition) is 5.